The number of carboxylic acid groups (broad SMARTS) is 1. The molecule has 1 aliphatic rings. The third kappa shape index (κ3) is 5.09. The van der Waals surface area contributed by atoms with Crippen LogP contribution < -0.4 is 10.1 Å². The van der Waals surface area contributed by atoms with Gasteiger partial charge in [0.1, 0.15) is 5.75 Å². The molecule has 0 aliphatic heterocycles. The minimum absolute atomic E-state index is 0.172. The lowest BCUT2D eigenvalue weighted by atomic mass is 9.87. The number of ether oxygens (including phenoxy) is 1. The Morgan fingerprint density at radius 2 is 2.04 bits per heavy atom. The number of aryl methyl sites for hydroxylation is 1. The normalized spacial score (nSPS) is 17.3. The van der Waals surface area contributed by atoms with Gasteiger partial charge in [-0.25, -0.2) is 0 Å². The second-order valence-electron chi connectivity index (χ2n) is 7.06. The molecule has 0 amide bonds. The van der Waals surface area contributed by atoms with Gasteiger partial charge in [-0.2, -0.15) is 0 Å². The average molecular weight is 353 g/mol. The second-order valence-corrected chi connectivity index (χ2v) is 7.06. The summed E-state index contributed by atoms with van der Waals surface area (Å²) in [6.07, 6.45) is 4.79. The van der Waals surface area contributed by atoms with Crippen LogP contribution in [0, 0.1) is 0 Å². The molecule has 2 N–H and O–H groups in total. The maximum Gasteiger partial charge on any atom is 0.303 e. The molecule has 0 radical (unpaired) electrons. The van der Waals surface area contributed by atoms with E-state index >= 15 is 0 Å². The number of carbonyl (C=O) groups is 1. The van der Waals surface area contributed by atoms with E-state index in [-0.39, 0.29) is 12.5 Å². The van der Waals surface area contributed by atoms with Crippen molar-refractivity contribution >= 4 is 5.97 Å². The van der Waals surface area contributed by atoms with Crippen molar-refractivity contribution in [1.29, 1.82) is 0 Å². The maximum absolute atomic E-state index is 11.0. The number of hydrogen-bond donors (Lipinski definition) is 2. The SMILES string of the molecule is COc1ccc2c(c1)CC(NC(CCC(=O)O)Cc1ccccc1)CC2. The van der Waals surface area contributed by atoms with Crippen LogP contribution in [0.1, 0.15) is 36.0 Å². The lowest BCUT2D eigenvalue weighted by molar-refractivity contribution is -0.137. The number of carboxylic acids is 1. The largest absolute Gasteiger partial charge is 0.497 e. The molecule has 4 heteroatoms. The van der Waals surface area contributed by atoms with Crippen LogP contribution in [-0.2, 0) is 24.1 Å². The molecule has 0 fully saturated rings. The van der Waals surface area contributed by atoms with Crippen LogP contribution in [0.15, 0.2) is 48.5 Å². The molecular weight excluding hydrogens is 326 g/mol. The molecule has 2 unspecified atom stereocenters. The minimum Gasteiger partial charge on any atom is -0.497 e. The fourth-order valence-corrected chi connectivity index (χ4v) is 3.78. The Morgan fingerprint density at radius 3 is 2.77 bits per heavy atom. The number of fused-ring (bicyclic) bond motifs is 1. The van der Waals surface area contributed by atoms with Gasteiger partial charge in [0.15, 0.2) is 0 Å². The standard InChI is InChI=1S/C22H27NO3/c1-26-21-11-8-17-7-9-20(14-18(17)15-21)23-19(10-12-22(24)25)13-16-5-3-2-4-6-16/h2-6,8,11,15,19-20,23H,7,9-10,12-14H2,1H3,(H,24,25). The molecule has 26 heavy (non-hydrogen) atoms. The van der Waals surface area contributed by atoms with Crippen LogP contribution in [0.2, 0.25) is 0 Å². The van der Waals surface area contributed by atoms with Crippen molar-refractivity contribution in [2.45, 2.75) is 50.6 Å². The molecular formula is C22H27NO3. The summed E-state index contributed by atoms with van der Waals surface area (Å²) < 4.78 is 5.35. The summed E-state index contributed by atoms with van der Waals surface area (Å²) in [6.45, 7) is 0. The van der Waals surface area contributed by atoms with Crippen LogP contribution in [0.4, 0.5) is 0 Å². The van der Waals surface area contributed by atoms with Gasteiger partial charge in [0.05, 0.1) is 7.11 Å². The summed E-state index contributed by atoms with van der Waals surface area (Å²) in [5.41, 5.74) is 3.98. The number of aliphatic carboxylic acids is 1. The number of hydrogen-bond acceptors (Lipinski definition) is 3. The predicted octanol–water partition coefficient (Wildman–Crippen LogP) is 3.62. The monoisotopic (exact) mass is 353 g/mol. The van der Waals surface area contributed by atoms with Crippen molar-refractivity contribution in [3.63, 3.8) is 0 Å². The van der Waals surface area contributed by atoms with Gasteiger partial charge >= 0.3 is 5.97 Å². The highest BCUT2D eigenvalue weighted by Crippen LogP contribution is 2.26. The minimum atomic E-state index is -0.733. The van der Waals surface area contributed by atoms with E-state index in [1.165, 1.54) is 16.7 Å². The molecule has 0 heterocycles. The van der Waals surface area contributed by atoms with Gasteiger partial charge in [-0.15, -0.1) is 0 Å². The molecule has 2 aromatic carbocycles. The number of rotatable bonds is 8. The van der Waals surface area contributed by atoms with Gasteiger partial charge in [-0.1, -0.05) is 36.4 Å². The summed E-state index contributed by atoms with van der Waals surface area (Å²) >= 11 is 0. The quantitative estimate of drug-likeness (QED) is 0.761. The Labute approximate surface area is 155 Å². The fourth-order valence-electron chi connectivity index (χ4n) is 3.78. The van der Waals surface area contributed by atoms with E-state index in [1.807, 2.05) is 24.3 Å². The van der Waals surface area contributed by atoms with Crippen LogP contribution in [0.3, 0.4) is 0 Å². The summed E-state index contributed by atoms with van der Waals surface area (Å²) in [5.74, 6) is 0.166. The number of nitrogens with one attached hydrogen (secondary N) is 1. The molecule has 0 spiro atoms. The van der Waals surface area contributed by atoms with Crippen LogP contribution in [0.5, 0.6) is 5.75 Å². The van der Waals surface area contributed by atoms with Crippen molar-refractivity contribution in [2.24, 2.45) is 0 Å². The Balaban J connectivity index is 1.66. The lowest BCUT2D eigenvalue weighted by Crippen LogP contribution is -2.43. The first-order chi connectivity index (χ1) is 12.6. The van der Waals surface area contributed by atoms with Crippen LogP contribution >= 0.6 is 0 Å². The van der Waals surface area contributed by atoms with Crippen molar-refractivity contribution in [2.75, 3.05) is 7.11 Å². The smallest absolute Gasteiger partial charge is 0.303 e. The summed E-state index contributed by atoms with van der Waals surface area (Å²) in [5, 5.41) is 12.8. The third-order valence-corrected chi connectivity index (χ3v) is 5.14. The Hall–Kier alpha value is -2.33. The lowest BCUT2D eigenvalue weighted by Gasteiger charge is -2.30. The van der Waals surface area contributed by atoms with E-state index in [1.54, 1.807) is 7.11 Å². The molecule has 3 rings (SSSR count). The van der Waals surface area contributed by atoms with E-state index in [4.69, 9.17) is 9.84 Å². The first-order valence-electron chi connectivity index (χ1n) is 9.31. The maximum atomic E-state index is 11.0. The Morgan fingerprint density at radius 1 is 1.23 bits per heavy atom. The Bertz CT molecular complexity index is 729. The topological polar surface area (TPSA) is 58.6 Å². The summed E-state index contributed by atoms with van der Waals surface area (Å²) in [6, 6.07) is 17.2. The molecule has 0 saturated heterocycles. The summed E-state index contributed by atoms with van der Waals surface area (Å²) in [4.78, 5) is 11.0. The zero-order valence-corrected chi connectivity index (χ0v) is 15.3. The predicted molar refractivity (Wildman–Crippen MR) is 103 cm³/mol. The van der Waals surface area contributed by atoms with E-state index in [9.17, 15) is 4.79 Å². The summed E-state index contributed by atoms with van der Waals surface area (Å²) in [7, 11) is 1.70. The fraction of sp³-hybridized carbons (Fsp3) is 0.409. The van der Waals surface area contributed by atoms with Crippen molar-refractivity contribution in [3.8, 4) is 5.75 Å². The second kappa shape index (κ2) is 8.86. The van der Waals surface area contributed by atoms with E-state index < -0.39 is 5.97 Å². The van der Waals surface area contributed by atoms with E-state index in [0.29, 0.717) is 12.5 Å². The zero-order valence-electron chi connectivity index (χ0n) is 15.3. The van der Waals surface area contributed by atoms with Gasteiger partial charge in [-0.3, -0.25) is 4.79 Å². The third-order valence-electron chi connectivity index (χ3n) is 5.14. The molecule has 1 aliphatic carbocycles. The molecule has 0 saturated carbocycles. The van der Waals surface area contributed by atoms with Gasteiger partial charge < -0.3 is 15.2 Å². The van der Waals surface area contributed by atoms with Crippen molar-refractivity contribution in [3.05, 3.63) is 65.2 Å². The average Bonchev–Trinajstić information content (AvgIpc) is 2.66. The number of methoxy groups -OCH3 is 1. The van der Waals surface area contributed by atoms with Gasteiger partial charge in [0.2, 0.25) is 0 Å². The highest BCUT2D eigenvalue weighted by atomic mass is 16.5. The zero-order chi connectivity index (χ0) is 18.4. The first-order valence-corrected chi connectivity index (χ1v) is 9.31. The van der Waals surface area contributed by atoms with Crippen molar-refractivity contribution in [1.82, 2.24) is 5.32 Å². The molecule has 2 atom stereocenters. The Kier molecular flexibility index (Phi) is 6.29. The van der Waals surface area contributed by atoms with Gasteiger partial charge in [0, 0.05) is 18.5 Å². The van der Waals surface area contributed by atoms with Crippen LogP contribution in [-0.4, -0.2) is 30.3 Å². The highest BCUT2D eigenvalue weighted by molar-refractivity contribution is 5.66. The van der Waals surface area contributed by atoms with E-state index in [0.717, 1.165) is 31.4 Å². The van der Waals surface area contributed by atoms with Gasteiger partial charge in [-0.05, 0) is 60.9 Å². The van der Waals surface area contributed by atoms with Crippen LogP contribution in [0.25, 0.3) is 0 Å². The molecule has 2 aromatic rings. The van der Waals surface area contributed by atoms with E-state index in [2.05, 4.69) is 29.6 Å². The van der Waals surface area contributed by atoms with Gasteiger partial charge in [0.25, 0.3) is 0 Å². The number of benzene rings is 2. The molecule has 138 valence electrons. The molecule has 0 bridgehead atoms. The van der Waals surface area contributed by atoms with Crippen molar-refractivity contribution < 1.29 is 14.6 Å². The molecule has 4 nitrogen and oxygen atoms in total. The molecule has 0 aromatic heterocycles. The first kappa shape index (κ1) is 18.5. The highest BCUT2D eigenvalue weighted by Gasteiger charge is 2.22.